The molecule has 1 aromatic heterocycles. The number of amides is 1. The van der Waals surface area contributed by atoms with E-state index in [4.69, 9.17) is 0 Å². The van der Waals surface area contributed by atoms with Crippen LogP contribution in [0, 0.1) is 6.92 Å². The Bertz CT molecular complexity index is 691. The summed E-state index contributed by atoms with van der Waals surface area (Å²) >= 11 is 1.49. The van der Waals surface area contributed by atoms with Crippen LogP contribution < -0.4 is 0 Å². The first-order valence-corrected chi connectivity index (χ1v) is 10.7. The van der Waals surface area contributed by atoms with E-state index in [1.165, 1.54) is 11.3 Å². The van der Waals surface area contributed by atoms with E-state index < -0.39 is 9.84 Å². The summed E-state index contributed by atoms with van der Waals surface area (Å²) in [5.74, 6) is 0.643. The molecule has 2 saturated heterocycles. The highest BCUT2D eigenvalue weighted by molar-refractivity contribution is 7.91. The van der Waals surface area contributed by atoms with Crippen molar-refractivity contribution in [2.75, 3.05) is 37.7 Å². The van der Waals surface area contributed by atoms with Gasteiger partial charge in [0, 0.05) is 32.2 Å². The molecule has 0 aromatic carbocycles. The predicted molar refractivity (Wildman–Crippen MR) is 90.8 cm³/mol. The first-order chi connectivity index (χ1) is 10.9. The number of hydrogen-bond acceptors (Lipinski definition) is 6. The molecule has 1 aromatic rings. The maximum Gasteiger partial charge on any atom is 0.265 e. The van der Waals surface area contributed by atoms with E-state index in [0.717, 1.165) is 41.5 Å². The van der Waals surface area contributed by atoms with Crippen LogP contribution in [0.5, 0.6) is 0 Å². The summed E-state index contributed by atoms with van der Waals surface area (Å²) in [5, 5.41) is 1.00. The summed E-state index contributed by atoms with van der Waals surface area (Å²) in [6.07, 6.45) is 1.58. The third kappa shape index (κ3) is 3.59. The predicted octanol–water partition coefficient (Wildman–Crippen LogP) is 0.959. The second kappa shape index (κ2) is 6.49. The molecule has 1 atom stereocenters. The molecule has 0 radical (unpaired) electrons. The Morgan fingerprint density at radius 3 is 2.52 bits per heavy atom. The monoisotopic (exact) mass is 357 g/mol. The molecular formula is C15H23N3O3S2. The van der Waals surface area contributed by atoms with Gasteiger partial charge < -0.3 is 4.90 Å². The Balaban J connectivity index is 1.60. The van der Waals surface area contributed by atoms with E-state index in [-0.39, 0.29) is 17.7 Å². The van der Waals surface area contributed by atoms with Gasteiger partial charge in [-0.25, -0.2) is 13.4 Å². The molecule has 0 spiro atoms. The van der Waals surface area contributed by atoms with E-state index >= 15 is 0 Å². The van der Waals surface area contributed by atoms with Crippen LogP contribution in [0.15, 0.2) is 0 Å². The zero-order valence-corrected chi connectivity index (χ0v) is 15.3. The molecule has 6 nitrogen and oxygen atoms in total. The topological polar surface area (TPSA) is 70.6 Å². The van der Waals surface area contributed by atoms with Crippen molar-refractivity contribution >= 4 is 27.1 Å². The van der Waals surface area contributed by atoms with Crippen molar-refractivity contribution in [2.45, 2.75) is 32.7 Å². The molecular weight excluding hydrogens is 334 g/mol. The van der Waals surface area contributed by atoms with Gasteiger partial charge in [-0.05, 0) is 19.8 Å². The Morgan fingerprint density at radius 2 is 2.00 bits per heavy atom. The summed E-state index contributed by atoms with van der Waals surface area (Å²) in [5.41, 5.74) is 0.821. The van der Waals surface area contributed by atoms with Crippen LogP contribution in [0.2, 0.25) is 0 Å². The third-order valence-corrected chi connectivity index (χ3v) is 7.70. The SMILES string of the molecule is CCc1nc(C)c(C(=O)N2CCN(C3CCS(=O)(=O)C3)CC2)s1. The van der Waals surface area contributed by atoms with Gasteiger partial charge in [0.05, 0.1) is 22.2 Å². The van der Waals surface area contributed by atoms with Gasteiger partial charge in [0.15, 0.2) is 9.84 Å². The lowest BCUT2D eigenvalue weighted by molar-refractivity contribution is 0.0591. The molecule has 2 fully saturated rings. The summed E-state index contributed by atoms with van der Waals surface area (Å²) in [4.78, 5) is 21.9. The first-order valence-electron chi connectivity index (χ1n) is 8.09. The second-order valence-electron chi connectivity index (χ2n) is 6.26. The molecule has 0 aliphatic carbocycles. The van der Waals surface area contributed by atoms with Crippen LogP contribution >= 0.6 is 11.3 Å². The minimum absolute atomic E-state index is 0.0680. The fraction of sp³-hybridized carbons (Fsp3) is 0.733. The number of nitrogens with zero attached hydrogens (tertiary/aromatic N) is 3. The number of rotatable bonds is 3. The minimum Gasteiger partial charge on any atom is -0.335 e. The van der Waals surface area contributed by atoms with Crippen molar-refractivity contribution in [1.82, 2.24) is 14.8 Å². The molecule has 8 heteroatoms. The molecule has 3 heterocycles. The van der Waals surface area contributed by atoms with Crippen molar-refractivity contribution in [3.05, 3.63) is 15.6 Å². The molecule has 3 rings (SSSR count). The fourth-order valence-corrected chi connectivity index (χ4v) is 6.03. The van der Waals surface area contributed by atoms with Gasteiger partial charge in [0.25, 0.3) is 5.91 Å². The molecule has 0 saturated carbocycles. The van der Waals surface area contributed by atoms with Crippen molar-refractivity contribution < 1.29 is 13.2 Å². The molecule has 0 N–H and O–H groups in total. The van der Waals surface area contributed by atoms with Gasteiger partial charge >= 0.3 is 0 Å². The zero-order valence-electron chi connectivity index (χ0n) is 13.6. The minimum atomic E-state index is -2.85. The van der Waals surface area contributed by atoms with Crippen LogP contribution in [0.4, 0.5) is 0 Å². The van der Waals surface area contributed by atoms with Crippen LogP contribution in [0.1, 0.15) is 33.7 Å². The Morgan fingerprint density at radius 1 is 1.30 bits per heavy atom. The molecule has 1 unspecified atom stereocenters. The van der Waals surface area contributed by atoms with Crippen LogP contribution in [-0.4, -0.2) is 72.8 Å². The van der Waals surface area contributed by atoms with Gasteiger partial charge in [-0.15, -0.1) is 11.3 Å². The van der Waals surface area contributed by atoms with E-state index in [0.29, 0.717) is 18.8 Å². The number of carbonyl (C=O) groups is 1. The van der Waals surface area contributed by atoms with E-state index in [1.807, 2.05) is 18.7 Å². The number of hydrogen-bond donors (Lipinski definition) is 0. The Labute approximate surface area is 141 Å². The average molecular weight is 358 g/mol. The van der Waals surface area contributed by atoms with Crippen molar-refractivity contribution in [2.24, 2.45) is 0 Å². The number of carbonyl (C=O) groups excluding carboxylic acids is 1. The van der Waals surface area contributed by atoms with Gasteiger partial charge in [-0.1, -0.05) is 6.92 Å². The maximum absolute atomic E-state index is 12.7. The maximum atomic E-state index is 12.7. The first kappa shape index (κ1) is 16.9. The Kier molecular flexibility index (Phi) is 4.75. The number of aryl methyl sites for hydroxylation is 2. The summed E-state index contributed by atoms with van der Waals surface area (Å²) in [7, 11) is -2.85. The Hall–Kier alpha value is -0.990. The summed E-state index contributed by atoms with van der Waals surface area (Å²) in [6.45, 7) is 6.76. The van der Waals surface area contributed by atoms with E-state index in [9.17, 15) is 13.2 Å². The highest BCUT2D eigenvalue weighted by atomic mass is 32.2. The second-order valence-corrected chi connectivity index (χ2v) is 9.57. The van der Waals surface area contributed by atoms with E-state index in [2.05, 4.69) is 9.88 Å². The molecule has 128 valence electrons. The average Bonchev–Trinajstić information content (AvgIpc) is 3.09. The highest BCUT2D eigenvalue weighted by Gasteiger charge is 2.34. The van der Waals surface area contributed by atoms with Crippen molar-refractivity contribution in [3.8, 4) is 0 Å². The van der Waals surface area contributed by atoms with Crippen LogP contribution in [-0.2, 0) is 16.3 Å². The summed E-state index contributed by atoms with van der Waals surface area (Å²) in [6, 6.07) is 0.133. The third-order valence-electron chi connectivity index (χ3n) is 4.66. The van der Waals surface area contributed by atoms with Crippen LogP contribution in [0.3, 0.4) is 0 Å². The van der Waals surface area contributed by atoms with Crippen molar-refractivity contribution in [1.29, 1.82) is 0 Å². The lowest BCUT2D eigenvalue weighted by atomic mass is 10.2. The number of sulfone groups is 1. The van der Waals surface area contributed by atoms with Crippen molar-refractivity contribution in [3.63, 3.8) is 0 Å². The standard InChI is InChI=1S/C15H23N3O3S2/c1-3-13-16-11(2)14(22-13)15(19)18-7-5-17(6-8-18)12-4-9-23(20,21)10-12/h12H,3-10H2,1-2H3. The van der Waals surface area contributed by atoms with Crippen LogP contribution in [0.25, 0.3) is 0 Å². The number of thiazole rings is 1. The molecule has 0 bridgehead atoms. The fourth-order valence-electron chi connectivity index (χ4n) is 3.30. The van der Waals surface area contributed by atoms with E-state index in [1.54, 1.807) is 0 Å². The largest absolute Gasteiger partial charge is 0.335 e. The highest BCUT2D eigenvalue weighted by Crippen LogP contribution is 2.23. The lowest BCUT2D eigenvalue weighted by Gasteiger charge is -2.37. The molecule has 2 aliphatic heterocycles. The lowest BCUT2D eigenvalue weighted by Crippen LogP contribution is -2.52. The van der Waals surface area contributed by atoms with Gasteiger partial charge in [0.1, 0.15) is 4.88 Å². The molecule has 23 heavy (non-hydrogen) atoms. The van der Waals surface area contributed by atoms with Gasteiger partial charge in [0.2, 0.25) is 0 Å². The van der Waals surface area contributed by atoms with Gasteiger partial charge in [-0.3, -0.25) is 9.69 Å². The molecule has 1 amide bonds. The van der Waals surface area contributed by atoms with Gasteiger partial charge in [-0.2, -0.15) is 0 Å². The number of piperazine rings is 1. The normalized spacial score (nSPS) is 25.0. The zero-order chi connectivity index (χ0) is 16.6. The summed E-state index contributed by atoms with van der Waals surface area (Å²) < 4.78 is 23.2. The quantitative estimate of drug-likeness (QED) is 0.806. The smallest absolute Gasteiger partial charge is 0.265 e. The number of aromatic nitrogens is 1. The molecule has 2 aliphatic rings.